The number of nitrogens with two attached hydrogens (primary N) is 1. The number of aromatic nitrogens is 1. The van der Waals surface area contributed by atoms with E-state index in [-0.39, 0.29) is 18.1 Å². The van der Waals surface area contributed by atoms with Gasteiger partial charge in [-0.15, -0.1) is 11.3 Å². The summed E-state index contributed by atoms with van der Waals surface area (Å²) in [5.41, 5.74) is 6.14. The van der Waals surface area contributed by atoms with Crippen molar-refractivity contribution in [1.82, 2.24) is 10.3 Å². The number of rotatable bonds is 7. The van der Waals surface area contributed by atoms with Gasteiger partial charge in [-0.05, 0) is 27.2 Å². The van der Waals surface area contributed by atoms with Gasteiger partial charge in [0.25, 0.3) is 5.91 Å². The lowest BCUT2D eigenvalue weighted by molar-refractivity contribution is 0.0756. The summed E-state index contributed by atoms with van der Waals surface area (Å²) in [4.78, 5) is 15.9. The molecule has 1 heterocycles. The smallest absolute Gasteiger partial charge is 0.270 e. The zero-order chi connectivity index (χ0) is 13.5. The Labute approximate surface area is 112 Å². The van der Waals surface area contributed by atoms with E-state index in [0.29, 0.717) is 18.8 Å². The van der Waals surface area contributed by atoms with E-state index in [1.165, 1.54) is 11.3 Å². The van der Waals surface area contributed by atoms with Crippen LogP contribution in [0.2, 0.25) is 0 Å². The zero-order valence-corrected chi connectivity index (χ0v) is 11.9. The number of amides is 1. The number of carbonyl (C=O) groups excluding carboxylic acids is 1. The Hall–Kier alpha value is -0.980. The summed E-state index contributed by atoms with van der Waals surface area (Å²) in [6.45, 7) is 7.08. The number of hydrogen-bond donors (Lipinski definition) is 2. The summed E-state index contributed by atoms with van der Waals surface area (Å²) >= 11 is 1.41. The topological polar surface area (TPSA) is 77.2 Å². The van der Waals surface area contributed by atoms with Crippen molar-refractivity contribution in [3.63, 3.8) is 0 Å². The van der Waals surface area contributed by atoms with Crippen molar-refractivity contribution >= 4 is 17.2 Å². The second kappa shape index (κ2) is 7.45. The highest BCUT2D eigenvalue weighted by molar-refractivity contribution is 7.09. The Kier molecular flexibility index (Phi) is 6.24. The first-order valence-electron chi connectivity index (χ1n) is 6.11. The summed E-state index contributed by atoms with van der Waals surface area (Å²) < 4.78 is 5.38. The lowest BCUT2D eigenvalue weighted by atomic mass is 10.3. The van der Waals surface area contributed by atoms with E-state index in [1.807, 2.05) is 20.8 Å². The standard InChI is InChI=1S/C12H21N3O2S/c1-8(2)17-6-4-5-14-11(16)10-7-18-12(15-10)9(3)13/h7-9H,4-6,13H2,1-3H3,(H,14,16). The van der Waals surface area contributed by atoms with E-state index in [1.54, 1.807) is 5.38 Å². The second-order valence-electron chi connectivity index (χ2n) is 4.39. The molecule has 0 radical (unpaired) electrons. The molecule has 0 aliphatic rings. The molecule has 1 unspecified atom stereocenters. The summed E-state index contributed by atoms with van der Waals surface area (Å²) in [6, 6.07) is -0.129. The molecule has 6 heteroatoms. The first-order valence-corrected chi connectivity index (χ1v) is 6.99. The molecule has 0 aliphatic carbocycles. The van der Waals surface area contributed by atoms with Crippen LogP contribution in [0, 0.1) is 0 Å². The maximum atomic E-state index is 11.7. The first kappa shape index (κ1) is 15.1. The molecule has 0 saturated heterocycles. The normalized spacial score (nSPS) is 12.7. The minimum Gasteiger partial charge on any atom is -0.379 e. The molecule has 1 aromatic rings. The van der Waals surface area contributed by atoms with Gasteiger partial charge in [0.05, 0.1) is 12.1 Å². The van der Waals surface area contributed by atoms with Gasteiger partial charge in [0.2, 0.25) is 0 Å². The minimum atomic E-state index is -0.150. The minimum absolute atomic E-state index is 0.129. The molecular weight excluding hydrogens is 250 g/mol. The number of thiazole rings is 1. The maximum Gasteiger partial charge on any atom is 0.270 e. The second-order valence-corrected chi connectivity index (χ2v) is 5.28. The summed E-state index contributed by atoms with van der Waals surface area (Å²) in [7, 11) is 0. The Balaban J connectivity index is 2.27. The molecule has 0 saturated carbocycles. The van der Waals surface area contributed by atoms with Crippen LogP contribution in [0.3, 0.4) is 0 Å². The van der Waals surface area contributed by atoms with E-state index >= 15 is 0 Å². The highest BCUT2D eigenvalue weighted by Gasteiger charge is 2.11. The summed E-state index contributed by atoms with van der Waals surface area (Å²) in [6.07, 6.45) is 1.03. The van der Waals surface area contributed by atoms with Crippen molar-refractivity contribution in [3.8, 4) is 0 Å². The van der Waals surface area contributed by atoms with E-state index < -0.39 is 0 Å². The van der Waals surface area contributed by atoms with Crippen LogP contribution >= 0.6 is 11.3 Å². The quantitative estimate of drug-likeness (QED) is 0.740. The lowest BCUT2D eigenvalue weighted by Crippen LogP contribution is -2.26. The average molecular weight is 271 g/mol. The van der Waals surface area contributed by atoms with Crippen LogP contribution in [-0.4, -0.2) is 30.1 Å². The van der Waals surface area contributed by atoms with E-state index in [2.05, 4.69) is 10.3 Å². The van der Waals surface area contributed by atoms with Crippen molar-refractivity contribution in [3.05, 3.63) is 16.1 Å². The maximum absolute atomic E-state index is 11.7. The summed E-state index contributed by atoms with van der Waals surface area (Å²) in [5.74, 6) is -0.150. The Bertz CT molecular complexity index is 377. The van der Waals surface area contributed by atoms with Gasteiger partial charge in [0, 0.05) is 18.5 Å². The van der Waals surface area contributed by atoms with Crippen molar-refractivity contribution in [2.45, 2.75) is 39.3 Å². The van der Waals surface area contributed by atoms with Crippen LogP contribution in [0.5, 0.6) is 0 Å². The van der Waals surface area contributed by atoms with Crippen LogP contribution in [0.15, 0.2) is 5.38 Å². The average Bonchev–Trinajstić information content (AvgIpc) is 2.77. The van der Waals surface area contributed by atoms with Crippen LogP contribution in [0.25, 0.3) is 0 Å². The fourth-order valence-electron chi connectivity index (χ4n) is 1.28. The predicted molar refractivity (Wildman–Crippen MR) is 72.8 cm³/mol. The fraction of sp³-hybridized carbons (Fsp3) is 0.667. The largest absolute Gasteiger partial charge is 0.379 e. The number of nitrogens with zero attached hydrogens (tertiary/aromatic N) is 1. The number of nitrogens with one attached hydrogen (secondary N) is 1. The molecule has 1 atom stereocenters. The molecule has 5 nitrogen and oxygen atoms in total. The predicted octanol–water partition coefficient (Wildman–Crippen LogP) is 1.71. The van der Waals surface area contributed by atoms with E-state index in [9.17, 15) is 4.79 Å². The van der Waals surface area contributed by atoms with Gasteiger partial charge in [-0.2, -0.15) is 0 Å². The molecule has 18 heavy (non-hydrogen) atoms. The lowest BCUT2D eigenvalue weighted by Gasteiger charge is -2.07. The van der Waals surface area contributed by atoms with Crippen molar-refractivity contribution in [1.29, 1.82) is 0 Å². The van der Waals surface area contributed by atoms with Gasteiger partial charge < -0.3 is 15.8 Å². The third kappa shape index (κ3) is 5.12. The molecule has 0 aromatic carbocycles. The molecule has 0 spiro atoms. The molecule has 1 rings (SSSR count). The van der Waals surface area contributed by atoms with Crippen molar-refractivity contribution in [2.75, 3.05) is 13.2 Å². The molecule has 0 fully saturated rings. The van der Waals surface area contributed by atoms with Gasteiger partial charge in [0.1, 0.15) is 10.7 Å². The number of carbonyl (C=O) groups is 1. The molecule has 1 amide bonds. The van der Waals surface area contributed by atoms with Gasteiger partial charge in [-0.25, -0.2) is 4.98 Å². The summed E-state index contributed by atoms with van der Waals surface area (Å²) in [5, 5.41) is 5.32. The zero-order valence-electron chi connectivity index (χ0n) is 11.1. The van der Waals surface area contributed by atoms with Crippen LogP contribution < -0.4 is 11.1 Å². The Morgan fingerprint density at radius 3 is 2.83 bits per heavy atom. The molecule has 102 valence electrons. The number of hydrogen-bond acceptors (Lipinski definition) is 5. The third-order valence-corrected chi connectivity index (χ3v) is 3.25. The fourth-order valence-corrected chi connectivity index (χ4v) is 2.04. The SMILES string of the molecule is CC(C)OCCCNC(=O)c1csc(C(C)N)n1. The van der Waals surface area contributed by atoms with E-state index in [4.69, 9.17) is 10.5 Å². The molecule has 0 aliphatic heterocycles. The Morgan fingerprint density at radius 1 is 1.56 bits per heavy atom. The monoisotopic (exact) mass is 271 g/mol. The molecular formula is C12H21N3O2S. The third-order valence-electron chi connectivity index (χ3n) is 2.20. The van der Waals surface area contributed by atoms with Gasteiger partial charge in [0.15, 0.2) is 0 Å². The van der Waals surface area contributed by atoms with Gasteiger partial charge >= 0.3 is 0 Å². The number of ether oxygens (including phenoxy) is 1. The van der Waals surface area contributed by atoms with Crippen LogP contribution in [0.4, 0.5) is 0 Å². The van der Waals surface area contributed by atoms with Gasteiger partial charge in [-0.1, -0.05) is 0 Å². The highest BCUT2D eigenvalue weighted by atomic mass is 32.1. The molecule has 0 bridgehead atoms. The van der Waals surface area contributed by atoms with E-state index in [0.717, 1.165) is 11.4 Å². The molecule has 1 aromatic heterocycles. The van der Waals surface area contributed by atoms with Crippen molar-refractivity contribution < 1.29 is 9.53 Å². The van der Waals surface area contributed by atoms with Crippen LogP contribution in [0.1, 0.15) is 48.7 Å². The first-order chi connectivity index (χ1) is 8.50. The highest BCUT2D eigenvalue weighted by Crippen LogP contribution is 2.15. The van der Waals surface area contributed by atoms with Crippen LogP contribution in [-0.2, 0) is 4.74 Å². The van der Waals surface area contributed by atoms with Crippen molar-refractivity contribution in [2.24, 2.45) is 5.73 Å². The molecule has 3 N–H and O–H groups in total. The van der Waals surface area contributed by atoms with Gasteiger partial charge in [-0.3, -0.25) is 4.79 Å². The Morgan fingerprint density at radius 2 is 2.28 bits per heavy atom.